The van der Waals surface area contributed by atoms with E-state index in [1.165, 1.54) is 7.05 Å². The molecule has 0 spiro atoms. The van der Waals surface area contributed by atoms with Crippen LogP contribution in [0.2, 0.25) is 0 Å². The van der Waals surface area contributed by atoms with Gasteiger partial charge in [-0.3, -0.25) is 0 Å². The van der Waals surface area contributed by atoms with Crippen molar-refractivity contribution in [3.05, 3.63) is 5.21 Å². The Hall–Kier alpha value is -0.810. The molecule has 2 saturated heterocycles. The molecule has 0 aromatic rings. The maximum atomic E-state index is 11.1. The molecule has 0 aromatic heterocycles. The lowest BCUT2D eigenvalue weighted by Crippen LogP contribution is -2.29. The number of rotatable bonds is 0. The van der Waals surface area contributed by atoms with Crippen LogP contribution in [-0.2, 0) is 14.2 Å². The number of fused-ring (bicyclic) bond motifs is 1. The van der Waals surface area contributed by atoms with E-state index in [1.807, 2.05) is 20.8 Å². The highest BCUT2D eigenvalue weighted by Gasteiger charge is 2.55. The van der Waals surface area contributed by atoms with E-state index in [-0.39, 0.29) is 12.0 Å². The maximum Gasteiger partial charge on any atom is 0.355 e. The van der Waals surface area contributed by atoms with E-state index in [0.717, 1.165) is 4.74 Å². The molecule has 5 nitrogen and oxygen atoms in total. The summed E-state index contributed by atoms with van der Waals surface area (Å²) in [6.07, 6.45) is -0.609. The van der Waals surface area contributed by atoms with Crippen molar-refractivity contribution >= 4 is 5.90 Å². The molecule has 0 N–H and O–H groups in total. The zero-order valence-corrected chi connectivity index (χ0v) is 8.81. The van der Waals surface area contributed by atoms with Crippen LogP contribution in [0.5, 0.6) is 0 Å². The van der Waals surface area contributed by atoms with Crippen molar-refractivity contribution in [2.45, 2.75) is 39.0 Å². The molecular formula is C9H15NO4. The Morgan fingerprint density at radius 1 is 1.36 bits per heavy atom. The Morgan fingerprint density at radius 2 is 2.00 bits per heavy atom. The van der Waals surface area contributed by atoms with E-state index in [1.54, 1.807) is 0 Å². The molecule has 0 aromatic carbocycles. The van der Waals surface area contributed by atoms with Crippen LogP contribution < -0.4 is 0 Å². The van der Waals surface area contributed by atoms with Crippen molar-refractivity contribution in [1.29, 1.82) is 0 Å². The van der Waals surface area contributed by atoms with E-state index in [2.05, 4.69) is 0 Å². The van der Waals surface area contributed by atoms with Gasteiger partial charge in [-0.1, -0.05) is 0 Å². The lowest BCUT2D eigenvalue weighted by molar-refractivity contribution is -0.437. The van der Waals surface area contributed by atoms with Gasteiger partial charge in [-0.25, -0.2) is 0 Å². The lowest BCUT2D eigenvalue weighted by atomic mass is 10.1. The van der Waals surface area contributed by atoms with E-state index in [0.29, 0.717) is 5.90 Å². The monoisotopic (exact) mass is 201 g/mol. The fourth-order valence-electron chi connectivity index (χ4n) is 1.91. The van der Waals surface area contributed by atoms with Gasteiger partial charge in [0.25, 0.3) is 0 Å². The summed E-state index contributed by atoms with van der Waals surface area (Å²) in [5, 5.41) is 11.1. The van der Waals surface area contributed by atoms with Gasteiger partial charge in [-0.15, -0.1) is 0 Å². The highest BCUT2D eigenvalue weighted by molar-refractivity contribution is 5.76. The first kappa shape index (κ1) is 9.73. The van der Waals surface area contributed by atoms with Crippen molar-refractivity contribution in [2.75, 3.05) is 7.05 Å². The van der Waals surface area contributed by atoms with Crippen LogP contribution in [0.1, 0.15) is 20.8 Å². The molecule has 0 bridgehead atoms. The summed E-state index contributed by atoms with van der Waals surface area (Å²) < 4.78 is 17.2. The number of hydrogen-bond donors (Lipinski definition) is 0. The summed E-state index contributed by atoms with van der Waals surface area (Å²) >= 11 is 0. The van der Waals surface area contributed by atoms with Crippen LogP contribution in [0, 0.1) is 11.1 Å². The van der Waals surface area contributed by atoms with Crippen molar-refractivity contribution in [3.63, 3.8) is 0 Å². The molecule has 2 rings (SSSR count). The Kier molecular flexibility index (Phi) is 1.97. The number of hydroxylamine groups is 1. The minimum absolute atomic E-state index is 0.0516. The quantitative estimate of drug-likeness (QED) is 0.328. The van der Waals surface area contributed by atoms with Gasteiger partial charge in [-0.05, 0) is 20.8 Å². The average Bonchev–Trinajstić information content (AvgIpc) is 2.46. The van der Waals surface area contributed by atoms with E-state index in [4.69, 9.17) is 14.2 Å². The standard InChI is InChI=1S/C9H15NO4/c1-5-6-8(12-7(5)10(4)11)14-9(2,3)13-6/h5-6,8H,1-4H3/b10-7+/t5-,6+,8+/m0/s1. The SMILES string of the molecule is C[C@@H]1/C(=[N+](/C)[O-])O[C@@H]2OC(C)(C)O[C@@H]21. The summed E-state index contributed by atoms with van der Waals surface area (Å²) in [6, 6.07) is 0. The third-order valence-corrected chi connectivity index (χ3v) is 2.52. The second-order valence-electron chi connectivity index (χ2n) is 4.21. The molecule has 2 aliphatic heterocycles. The van der Waals surface area contributed by atoms with Gasteiger partial charge in [0.15, 0.2) is 5.79 Å². The molecule has 2 fully saturated rings. The molecule has 0 saturated carbocycles. The van der Waals surface area contributed by atoms with E-state index >= 15 is 0 Å². The van der Waals surface area contributed by atoms with Crippen molar-refractivity contribution in [1.82, 2.24) is 0 Å². The molecule has 5 heteroatoms. The third-order valence-electron chi connectivity index (χ3n) is 2.52. The molecule has 0 radical (unpaired) electrons. The van der Waals surface area contributed by atoms with Gasteiger partial charge in [0.2, 0.25) is 6.29 Å². The summed E-state index contributed by atoms with van der Waals surface area (Å²) in [7, 11) is 1.41. The zero-order chi connectivity index (χ0) is 10.5. The molecule has 3 atom stereocenters. The maximum absolute atomic E-state index is 11.1. The Bertz CT molecular complexity index is 283. The third kappa shape index (κ3) is 1.36. The van der Waals surface area contributed by atoms with E-state index in [9.17, 15) is 5.21 Å². The average molecular weight is 201 g/mol. The minimum Gasteiger partial charge on any atom is -0.622 e. The fraction of sp³-hybridized carbons (Fsp3) is 0.889. The Labute approximate surface area is 82.8 Å². The summed E-state index contributed by atoms with van der Waals surface area (Å²) in [6.45, 7) is 5.57. The Morgan fingerprint density at radius 3 is 2.50 bits per heavy atom. The lowest BCUT2D eigenvalue weighted by Gasteiger charge is -2.19. The van der Waals surface area contributed by atoms with Crippen LogP contribution in [0.15, 0.2) is 0 Å². The van der Waals surface area contributed by atoms with Gasteiger partial charge < -0.3 is 19.4 Å². The molecule has 0 unspecified atom stereocenters. The molecule has 14 heavy (non-hydrogen) atoms. The largest absolute Gasteiger partial charge is 0.622 e. The van der Waals surface area contributed by atoms with Crippen LogP contribution in [0.25, 0.3) is 0 Å². The fourth-order valence-corrected chi connectivity index (χ4v) is 1.91. The second-order valence-corrected chi connectivity index (χ2v) is 4.21. The molecule has 2 heterocycles. The number of ether oxygens (including phenoxy) is 3. The predicted molar refractivity (Wildman–Crippen MR) is 48.6 cm³/mol. The predicted octanol–water partition coefficient (Wildman–Crippen LogP) is 0.669. The Balaban J connectivity index is 2.20. The minimum atomic E-state index is -0.615. The van der Waals surface area contributed by atoms with Crippen LogP contribution in [0.3, 0.4) is 0 Å². The van der Waals surface area contributed by atoms with Gasteiger partial charge in [0.1, 0.15) is 19.1 Å². The summed E-state index contributed by atoms with van der Waals surface area (Å²) in [4.78, 5) is 0. The van der Waals surface area contributed by atoms with Crippen molar-refractivity contribution in [2.24, 2.45) is 5.92 Å². The molecule has 0 aliphatic carbocycles. The molecule has 0 amide bonds. The summed E-state index contributed by atoms with van der Waals surface area (Å²) in [5.41, 5.74) is 0. The first-order valence-corrected chi connectivity index (χ1v) is 4.71. The highest BCUT2D eigenvalue weighted by Crippen LogP contribution is 2.38. The van der Waals surface area contributed by atoms with Crippen LogP contribution >= 0.6 is 0 Å². The molecule has 2 aliphatic rings. The molecular weight excluding hydrogens is 186 g/mol. The number of hydrogen-bond acceptors (Lipinski definition) is 4. The van der Waals surface area contributed by atoms with Crippen LogP contribution in [-0.4, -0.2) is 35.9 Å². The topological polar surface area (TPSA) is 53.8 Å². The van der Waals surface area contributed by atoms with Gasteiger partial charge in [0, 0.05) is 0 Å². The van der Waals surface area contributed by atoms with E-state index < -0.39 is 12.1 Å². The smallest absolute Gasteiger partial charge is 0.355 e. The first-order valence-electron chi connectivity index (χ1n) is 4.71. The summed E-state index contributed by atoms with van der Waals surface area (Å²) in [5.74, 6) is -0.281. The number of nitrogens with zero attached hydrogens (tertiary/aromatic N) is 1. The normalized spacial score (nSPS) is 43.3. The van der Waals surface area contributed by atoms with Crippen LogP contribution in [0.4, 0.5) is 0 Å². The first-order chi connectivity index (χ1) is 6.41. The molecule has 80 valence electrons. The van der Waals surface area contributed by atoms with Crippen molar-refractivity contribution in [3.8, 4) is 0 Å². The second kappa shape index (κ2) is 2.84. The zero-order valence-electron chi connectivity index (χ0n) is 8.81. The van der Waals surface area contributed by atoms with Gasteiger partial charge >= 0.3 is 5.90 Å². The van der Waals surface area contributed by atoms with Gasteiger partial charge in [-0.2, -0.15) is 4.74 Å². The van der Waals surface area contributed by atoms with Crippen molar-refractivity contribution < 1.29 is 18.9 Å². The highest BCUT2D eigenvalue weighted by atomic mass is 16.8. The van der Waals surface area contributed by atoms with Gasteiger partial charge in [0.05, 0.1) is 0 Å².